The maximum Gasteiger partial charge on any atom is 0.387 e. The molecule has 0 radical (unpaired) electrons. The van der Waals surface area contributed by atoms with E-state index in [1.54, 1.807) is 4.90 Å². The second-order valence-corrected chi connectivity index (χ2v) is 4.77. The number of carbonyl (C=O) groups is 1. The van der Waals surface area contributed by atoms with E-state index in [1.165, 1.54) is 25.3 Å². The number of hydrogen-bond donors (Lipinski definition) is 1. The van der Waals surface area contributed by atoms with Crippen molar-refractivity contribution in [1.29, 1.82) is 0 Å². The Kier molecular flexibility index (Phi) is 6.83. The number of rotatable bonds is 5. The molecule has 0 bridgehead atoms. The van der Waals surface area contributed by atoms with Crippen molar-refractivity contribution in [3.05, 3.63) is 23.8 Å². The fraction of sp³-hybridized carbons (Fsp3) is 0.500. The Morgan fingerprint density at radius 3 is 2.77 bits per heavy atom. The second-order valence-electron chi connectivity index (χ2n) is 4.77. The summed E-state index contributed by atoms with van der Waals surface area (Å²) in [7, 11) is 1.33. The standard InChI is InChI=1S/C14H18F2N2O3.ClH/c1-20-12-7-9(4-5-11(12)21-14(15)16)13(19)18-6-2-3-10(18)8-17;/h4-5,7,10,14H,2-3,6,8,17H2,1H3;1H. The largest absolute Gasteiger partial charge is 0.493 e. The highest BCUT2D eigenvalue weighted by atomic mass is 35.5. The number of ether oxygens (including phenoxy) is 2. The Morgan fingerprint density at radius 2 is 2.18 bits per heavy atom. The number of nitrogens with two attached hydrogens (primary N) is 1. The minimum Gasteiger partial charge on any atom is -0.493 e. The van der Waals surface area contributed by atoms with Crippen LogP contribution in [0.2, 0.25) is 0 Å². The molecule has 8 heteroatoms. The first kappa shape index (κ1) is 18.4. The van der Waals surface area contributed by atoms with Gasteiger partial charge < -0.3 is 20.1 Å². The van der Waals surface area contributed by atoms with Crippen LogP contribution in [-0.4, -0.2) is 43.7 Å². The molecule has 22 heavy (non-hydrogen) atoms. The van der Waals surface area contributed by atoms with Gasteiger partial charge in [0.1, 0.15) is 0 Å². The molecule has 0 aliphatic carbocycles. The minimum atomic E-state index is -2.94. The van der Waals surface area contributed by atoms with E-state index in [0.717, 1.165) is 12.8 Å². The quantitative estimate of drug-likeness (QED) is 0.896. The fourth-order valence-electron chi connectivity index (χ4n) is 2.51. The molecule has 124 valence electrons. The summed E-state index contributed by atoms with van der Waals surface area (Å²) in [6.07, 6.45) is 1.79. The molecule has 0 saturated carbocycles. The van der Waals surface area contributed by atoms with Crippen molar-refractivity contribution >= 4 is 18.3 Å². The van der Waals surface area contributed by atoms with Crippen LogP contribution in [0, 0.1) is 0 Å². The van der Waals surface area contributed by atoms with Crippen molar-refractivity contribution in [1.82, 2.24) is 4.90 Å². The second kappa shape index (κ2) is 8.14. The van der Waals surface area contributed by atoms with E-state index in [-0.39, 0.29) is 35.9 Å². The van der Waals surface area contributed by atoms with Crippen LogP contribution in [0.25, 0.3) is 0 Å². The molecule has 1 atom stereocenters. The van der Waals surface area contributed by atoms with E-state index in [1.807, 2.05) is 0 Å². The van der Waals surface area contributed by atoms with Crippen molar-refractivity contribution in [3.63, 3.8) is 0 Å². The molecule has 1 aliphatic heterocycles. The summed E-state index contributed by atoms with van der Waals surface area (Å²) < 4.78 is 33.9. The zero-order valence-electron chi connectivity index (χ0n) is 12.1. The average Bonchev–Trinajstić information content (AvgIpc) is 2.94. The number of likely N-dealkylation sites (tertiary alicyclic amines) is 1. The van der Waals surface area contributed by atoms with E-state index in [9.17, 15) is 13.6 Å². The topological polar surface area (TPSA) is 64.8 Å². The number of hydrogen-bond acceptors (Lipinski definition) is 4. The third-order valence-corrected chi connectivity index (χ3v) is 3.54. The van der Waals surface area contributed by atoms with Gasteiger partial charge in [-0.1, -0.05) is 0 Å². The van der Waals surface area contributed by atoms with Gasteiger partial charge in [0.2, 0.25) is 0 Å². The molecule has 5 nitrogen and oxygen atoms in total. The molecular formula is C14H19ClF2N2O3. The van der Waals surface area contributed by atoms with Crippen LogP contribution >= 0.6 is 12.4 Å². The maximum atomic E-state index is 12.4. The molecule has 1 unspecified atom stereocenters. The minimum absolute atomic E-state index is 0. The summed E-state index contributed by atoms with van der Waals surface area (Å²) in [5, 5.41) is 0. The van der Waals surface area contributed by atoms with Crippen LogP contribution < -0.4 is 15.2 Å². The highest BCUT2D eigenvalue weighted by Crippen LogP contribution is 2.30. The van der Waals surface area contributed by atoms with Gasteiger partial charge in [-0.25, -0.2) is 0 Å². The van der Waals surface area contributed by atoms with E-state index in [4.69, 9.17) is 10.5 Å². The average molecular weight is 337 g/mol. The van der Waals surface area contributed by atoms with Crippen molar-refractivity contribution in [2.75, 3.05) is 20.2 Å². The molecule has 2 rings (SSSR count). The Hall–Kier alpha value is -1.60. The van der Waals surface area contributed by atoms with Crippen LogP contribution in [-0.2, 0) is 0 Å². The molecule has 0 aromatic heterocycles. The molecule has 1 heterocycles. The summed E-state index contributed by atoms with van der Waals surface area (Å²) >= 11 is 0. The molecular weight excluding hydrogens is 318 g/mol. The van der Waals surface area contributed by atoms with Crippen molar-refractivity contribution in [3.8, 4) is 11.5 Å². The lowest BCUT2D eigenvalue weighted by molar-refractivity contribution is -0.0512. The van der Waals surface area contributed by atoms with Gasteiger partial charge in [0, 0.05) is 24.7 Å². The van der Waals surface area contributed by atoms with Crippen LogP contribution in [0.1, 0.15) is 23.2 Å². The predicted molar refractivity (Wildman–Crippen MR) is 80.0 cm³/mol. The summed E-state index contributed by atoms with van der Waals surface area (Å²) in [5.74, 6) is -0.171. The molecule has 1 saturated heterocycles. The van der Waals surface area contributed by atoms with Crippen LogP contribution in [0.15, 0.2) is 18.2 Å². The van der Waals surface area contributed by atoms with Gasteiger partial charge in [-0.2, -0.15) is 8.78 Å². The highest BCUT2D eigenvalue weighted by Gasteiger charge is 2.28. The zero-order valence-corrected chi connectivity index (χ0v) is 12.9. The first-order valence-corrected chi connectivity index (χ1v) is 6.70. The Bertz CT molecular complexity index is 517. The number of benzene rings is 1. The first-order chi connectivity index (χ1) is 10.1. The number of halogens is 3. The van der Waals surface area contributed by atoms with Gasteiger partial charge in [0.15, 0.2) is 11.5 Å². The Labute approximate surface area is 133 Å². The van der Waals surface area contributed by atoms with Gasteiger partial charge in [0.05, 0.1) is 7.11 Å². The number of methoxy groups -OCH3 is 1. The van der Waals surface area contributed by atoms with Gasteiger partial charge in [0.25, 0.3) is 5.91 Å². The lowest BCUT2D eigenvalue weighted by Gasteiger charge is -2.23. The number of alkyl halides is 2. The predicted octanol–water partition coefficient (Wildman–Crippen LogP) is 2.28. The number of nitrogens with zero attached hydrogens (tertiary/aromatic N) is 1. The summed E-state index contributed by atoms with van der Waals surface area (Å²) in [5.41, 5.74) is 6.02. The van der Waals surface area contributed by atoms with Gasteiger partial charge >= 0.3 is 6.61 Å². The van der Waals surface area contributed by atoms with Crippen LogP contribution in [0.3, 0.4) is 0 Å². The van der Waals surface area contributed by atoms with Crippen molar-refractivity contribution in [2.45, 2.75) is 25.5 Å². The molecule has 1 fully saturated rings. The summed E-state index contributed by atoms with van der Waals surface area (Å²) in [6.45, 7) is -1.88. The third kappa shape index (κ3) is 3.98. The fourth-order valence-corrected chi connectivity index (χ4v) is 2.51. The SMILES string of the molecule is COc1cc(C(=O)N2CCCC2CN)ccc1OC(F)F.Cl. The lowest BCUT2D eigenvalue weighted by Crippen LogP contribution is -2.39. The van der Waals surface area contributed by atoms with E-state index < -0.39 is 6.61 Å². The molecule has 0 spiro atoms. The monoisotopic (exact) mass is 336 g/mol. The van der Waals surface area contributed by atoms with E-state index in [0.29, 0.717) is 18.7 Å². The van der Waals surface area contributed by atoms with Crippen molar-refractivity contribution in [2.24, 2.45) is 5.73 Å². The van der Waals surface area contributed by atoms with Crippen LogP contribution in [0.5, 0.6) is 11.5 Å². The summed E-state index contributed by atoms with van der Waals surface area (Å²) in [6, 6.07) is 4.20. The zero-order chi connectivity index (χ0) is 15.4. The molecule has 1 aliphatic rings. The van der Waals surface area contributed by atoms with Crippen molar-refractivity contribution < 1.29 is 23.0 Å². The van der Waals surface area contributed by atoms with Gasteiger partial charge in [-0.3, -0.25) is 4.79 Å². The summed E-state index contributed by atoms with van der Waals surface area (Å²) in [4.78, 5) is 14.2. The third-order valence-electron chi connectivity index (χ3n) is 3.54. The molecule has 1 aromatic carbocycles. The first-order valence-electron chi connectivity index (χ1n) is 6.70. The van der Waals surface area contributed by atoms with Gasteiger partial charge in [-0.15, -0.1) is 12.4 Å². The Morgan fingerprint density at radius 1 is 1.45 bits per heavy atom. The normalized spacial score (nSPS) is 17.3. The van der Waals surface area contributed by atoms with Gasteiger partial charge in [-0.05, 0) is 31.0 Å². The van der Waals surface area contributed by atoms with E-state index >= 15 is 0 Å². The highest BCUT2D eigenvalue weighted by molar-refractivity contribution is 5.95. The molecule has 1 aromatic rings. The number of carbonyl (C=O) groups excluding carboxylic acids is 1. The molecule has 1 amide bonds. The number of amides is 1. The lowest BCUT2D eigenvalue weighted by atomic mass is 10.1. The van der Waals surface area contributed by atoms with Crippen LogP contribution in [0.4, 0.5) is 8.78 Å². The molecule has 2 N–H and O–H groups in total. The maximum absolute atomic E-state index is 12.4. The van der Waals surface area contributed by atoms with E-state index in [2.05, 4.69) is 4.74 Å². The Balaban J connectivity index is 0.00000242. The smallest absolute Gasteiger partial charge is 0.387 e.